The number of aliphatic hydroxyl groups is 1. The Morgan fingerprint density at radius 2 is 1.94 bits per heavy atom. The SMILES string of the molecule is Cc1sc(Br)cc1C(O)c1ccc(I)cc1. The monoisotopic (exact) mass is 408 g/mol. The predicted octanol–water partition coefficient (Wildman–Crippen LogP) is 4.51. The lowest BCUT2D eigenvalue weighted by Crippen LogP contribution is -1.99. The molecule has 1 unspecified atom stereocenters. The molecule has 0 aliphatic carbocycles. The molecule has 0 saturated carbocycles. The average molecular weight is 409 g/mol. The number of benzene rings is 1. The predicted molar refractivity (Wildman–Crippen MR) is 80.0 cm³/mol. The van der Waals surface area contributed by atoms with Gasteiger partial charge in [-0.1, -0.05) is 12.1 Å². The minimum Gasteiger partial charge on any atom is -0.384 e. The second-order valence-corrected chi connectivity index (χ2v) is 7.40. The smallest absolute Gasteiger partial charge is 0.105 e. The number of halogens is 2. The fourth-order valence-electron chi connectivity index (χ4n) is 1.55. The number of thiophene rings is 1. The first kappa shape index (κ1) is 12.5. The van der Waals surface area contributed by atoms with Crippen LogP contribution in [-0.2, 0) is 0 Å². The third kappa shape index (κ3) is 2.67. The zero-order valence-electron chi connectivity index (χ0n) is 8.58. The third-order valence-corrected chi connectivity index (χ3v) is 4.69. The van der Waals surface area contributed by atoms with Gasteiger partial charge in [0.1, 0.15) is 6.10 Å². The molecule has 1 N–H and O–H groups in total. The number of rotatable bonds is 2. The van der Waals surface area contributed by atoms with Crippen LogP contribution in [0.2, 0.25) is 0 Å². The van der Waals surface area contributed by atoms with E-state index in [1.807, 2.05) is 37.3 Å². The van der Waals surface area contributed by atoms with Gasteiger partial charge in [-0.3, -0.25) is 0 Å². The van der Waals surface area contributed by atoms with E-state index in [2.05, 4.69) is 38.5 Å². The highest BCUT2D eigenvalue weighted by Gasteiger charge is 2.15. The summed E-state index contributed by atoms with van der Waals surface area (Å²) in [6, 6.07) is 9.95. The molecule has 1 aromatic heterocycles. The summed E-state index contributed by atoms with van der Waals surface area (Å²) in [6.07, 6.45) is -0.528. The molecule has 2 aromatic rings. The number of aryl methyl sites for hydroxylation is 1. The number of hydrogen-bond acceptors (Lipinski definition) is 2. The Bertz CT molecular complexity index is 492. The van der Waals surface area contributed by atoms with Gasteiger partial charge in [0.25, 0.3) is 0 Å². The summed E-state index contributed by atoms with van der Waals surface area (Å²) in [6.45, 7) is 2.03. The average Bonchev–Trinajstić information content (AvgIpc) is 2.58. The Morgan fingerprint density at radius 1 is 1.31 bits per heavy atom. The zero-order chi connectivity index (χ0) is 11.7. The Labute approximate surface area is 121 Å². The molecule has 1 heterocycles. The standard InChI is InChI=1S/C12H10BrIOS/c1-7-10(6-11(13)16-7)12(15)8-2-4-9(14)5-3-8/h2-6,12,15H,1H3. The maximum atomic E-state index is 10.3. The van der Waals surface area contributed by atoms with Crippen LogP contribution in [0.3, 0.4) is 0 Å². The van der Waals surface area contributed by atoms with Gasteiger partial charge in [-0.25, -0.2) is 0 Å². The Balaban J connectivity index is 2.35. The van der Waals surface area contributed by atoms with Gasteiger partial charge in [-0.2, -0.15) is 0 Å². The Hall–Kier alpha value is 0.0900. The molecule has 0 bridgehead atoms. The fourth-order valence-corrected chi connectivity index (χ4v) is 3.66. The summed E-state index contributed by atoms with van der Waals surface area (Å²) in [5.41, 5.74) is 1.92. The van der Waals surface area contributed by atoms with Crippen molar-refractivity contribution in [3.05, 3.63) is 53.7 Å². The molecular weight excluding hydrogens is 399 g/mol. The van der Waals surface area contributed by atoms with Crippen molar-refractivity contribution in [3.63, 3.8) is 0 Å². The van der Waals surface area contributed by atoms with E-state index in [0.717, 1.165) is 19.8 Å². The molecule has 1 atom stereocenters. The number of aliphatic hydroxyl groups excluding tert-OH is 1. The number of hydrogen-bond donors (Lipinski definition) is 1. The summed E-state index contributed by atoms with van der Waals surface area (Å²) < 4.78 is 2.24. The van der Waals surface area contributed by atoms with Crippen LogP contribution < -0.4 is 0 Å². The second-order valence-electron chi connectivity index (χ2n) is 3.52. The Morgan fingerprint density at radius 3 is 2.44 bits per heavy atom. The molecule has 1 nitrogen and oxygen atoms in total. The maximum Gasteiger partial charge on any atom is 0.105 e. The van der Waals surface area contributed by atoms with Crippen molar-refractivity contribution in [1.82, 2.24) is 0 Å². The van der Waals surface area contributed by atoms with Gasteiger partial charge >= 0.3 is 0 Å². The molecular formula is C12H10BrIOS. The lowest BCUT2D eigenvalue weighted by Gasteiger charge is -2.10. The molecule has 0 spiro atoms. The minimum absolute atomic E-state index is 0.528. The van der Waals surface area contributed by atoms with Crippen LogP contribution in [0.15, 0.2) is 34.1 Å². The van der Waals surface area contributed by atoms with Crippen LogP contribution in [-0.4, -0.2) is 5.11 Å². The van der Waals surface area contributed by atoms with Crippen LogP contribution in [0.1, 0.15) is 22.1 Å². The van der Waals surface area contributed by atoms with E-state index in [1.165, 1.54) is 3.57 Å². The van der Waals surface area contributed by atoms with Crippen LogP contribution in [0, 0.1) is 10.5 Å². The van der Waals surface area contributed by atoms with Crippen LogP contribution >= 0.6 is 49.9 Å². The van der Waals surface area contributed by atoms with Crippen molar-refractivity contribution in [2.24, 2.45) is 0 Å². The Kier molecular flexibility index (Phi) is 4.05. The summed E-state index contributed by atoms with van der Waals surface area (Å²) in [5.74, 6) is 0. The highest BCUT2D eigenvalue weighted by Crippen LogP contribution is 2.33. The fraction of sp³-hybridized carbons (Fsp3) is 0.167. The molecule has 0 saturated heterocycles. The van der Waals surface area contributed by atoms with Crippen molar-refractivity contribution >= 4 is 49.9 Å². The molecule has 0 aliphatic heterocycles. The van der Waals surface area contributed by atoms with Gasteiger partial charge in [0.05, 0.1) is 3.79 Å². The second kappa shape index (κ2) is 5.16. The van der Waals surface area contributed by atoms with Crippen LogP contribution in [0.25, 0.3) is 0 Å². The normalized spacial score (nSPS) is 12.8. The van der Waals surface area contributed by atoms with Crippen molar-refractivity contribution in [2.45, 2.75) is 13.0 Å². The molecule has 2 rings (SSSR count). The van der Waals surface area contributed by atoms with Crippen LogP contribution in [0.4, 0.5) is 0 Å². The van der Waals surface area contributed by atoms with Gasteiger partial charge in [0.15, 0.2) is 0 Å². The highest BCUT2D eigenvalue weighted by atomic mass is 127. The molecule has 1 aromatic carbocycles. The van der Waals surface area contributed by atoms with Gasteiger partial charge in [0, 0.05) is 8.45 Å². The molecule has 84 valence electrons. The summed E-state index contributed by atoms with van der Waals surface area (Å²) >= 11 is 7.35. The largest absolute Gasteiger partial charge is 0.384 e. The highest BCUT2D eigenvalue weighted by molar-refractivity contribution is 14.1. The molecule has 0 amide bonds. The van der Waals surface area contributed by atoms with E-state index in [4.69, 9.17) is 0 Å². The molecule has 4 heteroatoms. The third-order valence-electron chi connectivity index (χ3n) is 2.41. The van der Waals surface area contributed by atoms with Crippen molar-refractivity contribution in [3.8, 4) is 0 Å². The van der Waals surface area contributed by atoms with Crippen molar-refractivity contribution in [1.29, 1.82) is 0 Å². The van der Waals surface area contributed by atoms with Crippen LogP contribution in [0.5, 0.6) is 0 Å². The lowest BCUT2D eigenvalue weighted by molar-refractivity contribution is 0.220. The lowest BCUT2D eigenvalue weighted by atomic mass is 10.0. The van der Waals surface area contributed by atoms with E-state index in [0.29, 0.717) is 0 Å². The topological polar surface area (TPSA) is 20.2 Å². The van der Waals surface area contributed by atoms with E-state index < -0.39 is 6.10 Å². The van der Waals surface area contributed by atoms with Gasteiger partial charge < -0.3 is 5.11 Å². The van der Waals surface area contributed by atoms with Gasteiger partial charge in [-0.15, -0.1) is 11.3 Å². The van der Waals surface area contributed by atoms with Gasteiger partial charge in [0.2, 0.25) is 0 Å². The quantitative estimate of drug-likeness (QED) is 0.725. The molecule has 0 radical (unpaired) electrons. The first-order chi connectivity index (χ1) is 7.58. The van der Waals surface area contributed by atoms with Gasteiger partial charge in [-0.05, 0) is 74.8 Å². The van der Waals surface area contributed by atoms with E-state index >= 15 is 0 Å². The minimum atomic E-state index is -0.528. The van der Waals surface area contributed by atoms with Crippen molar-refractivity contribution in [2.75, 3.05) is 0 Å². The summed E-state index contributed by atoms with van der Waals surface area (Å²) in [7, 11) is 0. The molecule has 0 fully saturated rings. The molecule has 16 heavy (non-hydrogen) atoms. The molecule has 0 aliphatic rings. The van der Waals surface area contributed by atoms with E-state index in [1.54, 1.807) is 11.3 Å². The summed E-state index contributed by atoms with van der Waals surface area (Å²) in [4.78, 5) is 1.15. The first-order valence-corrected chi connectivity index (χ1v) is 7.46. The summed E-state index contributed by atoms with van der Waals surface area (Å²) in [5, 5.41) is 10.3. The van der Waals surface area contributed by atoms with Crippen molar-refractivity contribution < 1.29 is 5.11 Å². The van der Waals surface area contributed by atoms with E-state index in [9.17, 15) is 5.11 Å². The first-order valence-electron chi connectivity index (χ1n) is 4.77. The zero-order valence-corrected chi connectivity index (χ0v) is 13.1. The van der Waals surface area contributed by atoms with E-state index in [-0.39, 0.29) is 0 Å². The maximum absolute atomic E-state index is 10.3.